The highest BCUT2D eigenvalue weighted by atomic mass is 16.1. The number of carbonyl (C=O) groups is 1. The van der Waals surface area contributed by atoms with Gasteiger partial charge in [-0.15, -0.1) is 0 Å². The Hall–Kier alpha value is -3.73. The van der Waals surface area contributed by atoms with Crippen LogP contribution >= 0.6 is 0 Å². The van der Waals surface area contributed by atoms with Crippen molar-refractivity contribution in [3.05, 3.63) is 72.3 Å². The predicted molar refractivity (Wildman–Crippen MR) is 106 cm³/mol. The largest absolute Gasteiger partial charge is 0.337 e. The molecule has 27 heavy (non-hydrogen) atoms. The summed E-state index contributed by atoms with van der Waals surface area (Å²) in [5, 5.41) is 8.51. The Balaban J connectivity index is 1.59. The second kappa shape index (κ2) is 6.21. The molecule has 5 rings (SSSR count). The molecule has 3 aromatic carbocycles. The van der Waals surface area contributed by atoms with Crippen LogP contribution in [-0.4, -0.2) is 26.5 Å². The molecule has 0 saturated heterocycles. The zero-order valence-corrected chi connectivity index (χ0v) is 14.4. The van der Waals surface area contributed by atoms with Crippen LogP contribution in [0.4, 0.5) is 0 Å². The summed E-state index contributed by atoms with van der Waals surface area (Å²) in [6.07, 6.45) is 1.36. The van der Waals surface area contributed by atoms with E-state index >= 15 is 0 Å². The van der Waals surface area contributed by atoms with E-state index in [1.807, 2.05) is 54.6 Å². The lowest BCUT2D eigenvalue weighted by Gasteiger charge is -2.03. The van der Waals surface area contributed by atoms with Crippen molar-refractivity contribution in [2.45, 2.75) is 6.42 Å². The molecule has 0 saturated carbocycles. The first kappa shape index (κ1) is 15.5. The van der Waals surface area contributed by atoms with Crippen LogP contribution in [-0.2, 0) is 11.2 Å². The molecule has 0 unspecified atom stereocenters. The highest BCUT2D eigenvalue weighted by Gasteiger charge is 2.12. The normalized spacial score (nSPS) is 11.3. The van der Waals surface area contributed by atoms with Gasteiger partial charge in [0.2, 0.25) is 0 Å². The number of aromatic nitrogens is 4. The van der Waals surface area contributed by atoms with Crippen molar-refractivity contribution < 1.29 is 4.79 Å². The zero-order valence-electron chi connectivity index (χ0n) is 14.4. The average Bonchev–Trinajstić information content (AvgIpc) is 3.31. The molecule has 0 aliphatic rings. The molecular weight excluding hydrogens is 336 g/mol. The van der Waals surface area contributed by atoms with E-state index in [0.29, 0.717) is 6.42 Å². The first-order valence-corrected chi connectivity index (χ1v) is 8.78. The maximum Gasteiger partial charge on any atom is 0.159 e. The van der Waals surface area contributed by atoms with Gasteiger partial charge in [-0.3, -0.25) is 5.10 Å². The SMILES string of the molecule is O=CCc1cccc(-c2ccc3nc(-c4n[nH]c5ccccc45)[nH]c3c2)c1. The van der Waals surface area contributed by atoms with Crippen molar-refractivity contribution in [1.29, 1.82) is 0 Å². The van der Waals surface area contributed by atoms with Crippen LogP contribution in [0.2, 0.25) is 0 Å². The second-order valence-electron chi connectivity index (χ2n) is 6.51. The fraction of sp³-hybridized carbons (Fsp3) is 0.0455. The summed E-state index contributed by atoms with van der Waals surface area (Å²) < 4.78 is 0. The number of hydrogen-bond acceptors (Lipinski definition) is 3. The maximum absolute atomic E-state index is 10.8. The molecule has 0 bridgehead atoms. The van der Waals surface area contributed by atoms with Crippen molar-refractivity contribution in [2.75, 3.05) is 0 Å². The average molecular weight is 352 g/mol. The van der Waals surface area contributed by atoms with Crippen LogP contribution in [0.25, 0.3) is 44.6 Å². The van der Waals surface area contributed by atoms with E-state index in [4.69, 9.17) is 4.98 Å². The van der Waals surface area contributed by atoms with Crippen molar-refractivity contribution in [3.63, 3.8) is 0 Å². The van der Waals surface area contributed by atoms with E-state index in [1.165, 1.54) is 0 Å². The Morgan fingerprint density at radius 1 is 0.889 bits per heavy atom. The number of rotatable bonds is 4. The molecule has 2 N–H and O–H groups in total. The number of nitrogens with one attached hydrogen (secondary N) is 2. The topological polar surface area (TPSA) is 74.4 Å². The predicted octanol–water partition coefficient (Wildman–Crippen LogP) is 4.51. The van der Waals surface area contributed by atoms with Crippen molar-refractivity contribution in [2.24, 2.45) is 0 Å². The first-order chi connectivity index (χ1) is 13.3. The van der Waals surface area contributed by atoms with Crippen molar-refractivity contribution >= 4 is 28.2 Å². The standard InChI is InChI=1S/C22H16N4O/c27-11-10-14-4-3-5-15(12-14)16-8-9-19-20(13-16)24-22(23-19)21-17-6-1-2-7-18(17)25-26-21/h1-9,11-13H,10H2,(H,23,24)(H,25,26). The van der Waals surface area contributed by atoms with Gasteiger partial charge in [0.1, 0.15) is 12.0 Å². The molecule has 0 radical (unpaired) electrons. The van der Waals surface area contributed by atoms with E-state index in [9.17, 15) is 4.79 Å². The third-order valence-corrected chi connectivity index (χ3v) is 4.76. The summed E-state index contributed by atoms with van der Waals surface area (Å²) in [6.45, 7) is 0. The van der Waals surface area contributed by atoms with E-state index in [1.54, 1.807) is 0 Å². The van der Waals surface area contributed by atoms with E-state index in [0.717, 1.165) is 56.4 Å². The van der Waals surface area contributed by atoms with Gasteiger partial charge in [0.05, 0.1) is 16.6 Å². The summed E-state index contributed by atoms with van der Waals surface area (Å²) >= 11 is 0. The Labute approximate surface area is 155 Å². The van der Waals surface area contributed by atoms with E-state index in [2.05, 4.69) is 27.3 Å². The number of aromatic amines is 2. The monoisotopic (exact) mass is 352 g/mol. The fourth-order valence-corrected chi connectivity index (χ4v) is 3.42. The minimum absolute atomic E-state index is 0.427. The molecule has 5 aromatic rings. The number of imidazole rings is 1. The molecule has 2 aromatic heterocycles. The van der Waals surface area contributed by atoms with Crippen LogP contribution in [0.1, 0.15) is 5.56 Å². The Morgan fingerprint density at radius 2 is 1.78 bits per heavy atom. The van der Waals surface area contributed by atoms with Crippen LogP contribution in [0.3, 0.4) is 0 Å². The Kier molecular flexibility index (Phi) is 3.57. The highest BCUT2D eigenvalue weighted by Crippen LogP contribution is 2.28. The number of para-hydroxylation sites is 1. The van der Waals surface area contributed by atoms with Gasteiger partial charge in [0.25, 0.3) is 0 Å². The van der Waals surface area contributed by atoms with Gasteiger partial charge in [-0.1, -0.05) is 48.5 Å². The van der Waals surface area contributed by atoms with Crippen LogP contribution < -0.4 is 0 Å². The molecule has 5 nitrogen and oxygen atoms in total. The first-order valence-electron chi connectivity index (χ1n) is 8.78. The molecule has 0 atom stereocenters. The number of hydrogen-bond donors (Lipinski definition) is 2. The molecule has 5 heteroatoms. The van der Waals surface area contributed by atoms with Crippen LogP contribution in [0, 0.1) is 0 Å². The fourth-order valence-electron chi connectivity index (χ4n) is 3.42. The highest BCUT2D eigenvalue weighted by molar-refractivity contribution is 5.93. The lowest BCUT2D eigenvalue weighted by molar-refractivity contribution is -0.107. The third-order valence-electron chi connectivity index (χ3n) is 4.76. The van der Waals surface area contributed by atoms with Crippen LogP contribution in [0.5, 0.6) is 0 Å². The Morgan fingerprint density at radius 3 is 2.70 bits per heavy atom. The molecular formula is C22H16N4O. The number of aldehydes is 1. The molecule has 0 aliphatic carbocycles. The van der Waals surface area contributed by atoms with Gasteiger partial charge in [-0.05, 0) is 34.9 Å². The number of carbonyl (C=O) groups excluding carboxylic acids is 1. The molecule has 0 spiro atoms. The molecule has 130 valence electrons. The molecule has 0 amide bonds. The van der Waals surface area contributed by atoms with Gasteiger partial charge in [-0.2, -0.15) is 5.10 Å². The van der Waals surface area contributed by atoms with Gasteiger partial charge in [0.15, 0.2) is 5.82 Å². The smallest absolute Gasteiger partial charge is 0.159 e. The lowest BCUT2D eigenvalue weighted by Crippen LogP contribution is -1.86. The minimum atomic E-state index is 0.427. The summed E-state index contributed by atoms with van der Waals surface area (Å²) in [4.78, 5) is 18.9. The van der Waals surface area contributed by atoms with Gasteiger partial charge in [-0.25, -0.2) is 4.98 Å². The molecule has 0 aliphatic heterocycles. The van der Waals surface area contributed by atoms with Crippen molar-refractivity contribution in [1.82, 2.24) is 20.2 Å². The molecule has 0 fully saturated rings. The summed E-state index contributed by atoms with van der Waals surface area (Å²) in [6, 6.07) is 22.2. The number of fused-ring (bicyclic) bond motifs is 2. The Bertz CT molecular complexity index is 1280. The number of benzene rings is 3. The maximum atomic E-state index is 10.8. The minimum Gasteiger partial charge on any atom is -0.337 e. The molecule has 2 heterocycles. The summed E-state index contributed by atoms with van der Waals surface area (Å²) in [5.74, 6) is 0.745. The summed E-state index contributed by atoms with van der Waals surface area (Å²) in [5.41, 5.74) is 6.82. The third kappa shape index (κ3) is 2.69. The second-order valence-corrected chi connectivity index (χ2v) is 6.51. The number of H-pyrrole nitrogens is 2. The number of nitrogens with zero attached hydrogens (tertiary/aromatic N) is 2. The van der Waals surface area contributed by atoms with Gasteiger partial charge < -0.3 is 9.78 Å². The van der Waals surface area contributed by atoms with Crippen molar-refractivity contribution in [3.8, 4) is 22.6 Å². The lowest BCUT2D eigenvalue weighted by atomic mass is 10.0. The zero-order chi connectivity index (χ0) is 18.2. The van der Waals surface area contributed by atoms with Crippen LogP contribution in [0.15, 0.2) is 66.7 Å². The van der Waals surface area contributed by atoms with E-state index < -0.39 is 0 Å². The summed E-state index contributed by atoms with van der Waals surface area (Å²) in [7, 11) is 0. The van der Waals surface area contributed by atoms with E-state index in [-0.39, 0.29) is 0 Å². The quantitative estimate of drug-likeness (QED) is 0.467. The van der Waals surface area contributed by atoms with Gasteiger partial charge >= 0.3 is 0 Å². The van der Waals surface area contributed by atoms with Gasteiger partial charge in [0, 0.05) is 11.8 Å².